The van der Waals surface area contributed by atoms with Gasteiger partial charge in [0.25, 0.3) is 5.91 Å². The predicted molar refractivity (Wildman–Crippen MR) is 96.4 cm³/mol. The third kappa shape index (κ3) is 4.81. The van der Waals surface area contributed by atoms with Crippen LogP contribution in [0.2, 0.25) is 0 Å². The third-order valence-electron chi connectivity index (χ3n) is 3.58. The molecule has 5 nitrogen and oxygen atoms in total. The number of halogens is 1. The molecular formula is C19H26FN3O2. The Labute approximate surface area is 148 Å². The molecule has 0 saturated heterocycles. The van der Waals surface area contributed by atoms with E-state index in [-0.39, 0.29) is 29.2 Å². The number of nitrogens with zero attached hydrogens (tertiary/aromatic N) is 2. The zero-order valence-corrected chi connectivity index (χ0v) is 15.7. The van der Waals surface area contributed by atoms with Gasteiger partial charge in [0, 0.05) is 11.5 Å². The zero-order valence-electron chi connectivity index (χ0n) is 15.7. The molecule has 0 saturated carbocycles. The summed E-state index contributed by atoms with van der Waals surface area (Å²) >= 11 is 0. The van der Waals surface area contributed by atoms with Crippen molar-refractivity contribution in [1.82, 2.24) is 9.78 Å². The van der Waals surface area contributed by atoms with Crippen LogP contribution in [0.4, 0.5) is 10.2 Å². The molecule has 6 heteroatoms. The van der Waals surface area contributed by atoms with Crippen LogP contribution in [0.25, 0.3) is 0 Å². The van der Waals surface area contributed by atoms with Gasteiger partial charge in [-0.1, -0.05) is 32.9 Å². The standard InChI is InChI=1S/C19H26FN3O2/c1-18(2,3)15-11-16(23(22-15)19(4,5)6)21-17(24)12-25-14-10-8-7-9-13(14)20/h7-11H,12H2,1-6H3,(H,21,24). The molecule has 25 heavy (non-hydrogen) atoms. The third-order valence-corrected chi connectivity index (χ3v) is 3.58. The highest BCUT2D eigenvalue weighted by molar-refractivity contribution is 5.91. The minimum Gasteiger partial charge on any atom is -0.481 e. The first-order chi connectivity index (χ1) is 11.5. The van der Waals surface area contributed by atoms with Crippen molar-refractivity contribution in [2.45, 2.75) is 52.5 Å². The van der Waals surface area contributed by atoms with E-state index in [1.54, 1.807) is 16.8 Å². The lowest BCUT2D eigenvalue weighted by Gasteiger charge is -2.23. The van der Waals surface area contributed by atoms with Gasteiger partial charge < -0.3 is 10.1 Å². The maximum atomic E-state index is 13.6. The molecule has 1 amide bonds. The number of hydrogen-bond donors (Lipinski definition) is 1. The Kier molecular flexibility index (Phi) is 5.20. The number of nitrogens with one attached hydrogen (secondary N) is 1. The minimum atomic E-state index is -0.495. The molecule has 0 fully saturated rings. The second kappa shape index (κ2) is 6.86. The van der Waals surface area contributed by atoms with Crippen molar-refractivity contribution >= 4 is 11.7 Å². The number of amides is 1. The molecular weight excluding hydrogens is 321 g/mol. The van der Waals surface area contributed by atoms with Gasteiger partial charge >= 0.3 is 0 Å². The molecule has 0 atom stereocenters. The molecule has 1 aromatic heterocycles. The molecule has 0 unspecified atom stereocenters. The first kappa shape index (κ1) is 19.0. The smallest absolute Gasteiger partial charge is 0.263 e. The Bertz CT molecular complexity index is 755. The summed E-state index contributed by atoms with van der Waals surface area (Å²) in [6.45, 7) is 12.0. The van der Waals surface area contributed by atoms with Crippen LogP contribution in [0.5, 0.6) is 5.75 Å². The van der Waals surface area contributed by atoms with E-state index in [9.17, 15) is 9.18 Å². The summed E-state index contributed by atoms with van der Waals surface area (Å²) < 4.78 is 20.6. The van der Waals surface area contributed by atoms with E-state index in [1.807, 2.05) is 26.8 Å². The molecule has 1 aromatic carbocycles. The van der Waals surface area contributed by atoms with Crippen molar-refractivity contribution in [3.05, 3.63) is 41.8 Å². The molecule has 0 aliphatic carbocycles. The highest BCUT2D eigenvalue weighted by Gasteiger charge is 2.25. The van der Waals surface area contributed by atoms with E-state index in [1.165, 1.54) is 12.1 Å². The second-order valence-electron chi connectivity index (χ2n) is 8.01. The Hall–Kier alpha value is -2.37. The summed E-state index contributed by atoms with van der Waals surface area (Å²) in [7, 11) is 0. The van der Waals surface area contributed by atoms with E-state index in [4.69, 9.17) is 4.74 Å². The van der Waals surface area contributed by atoms with Crippen LogP contribution in [0, 0.1) is 5.82 Å². The lowest BCUT2D eigenvalue weighted by atomic mass is 9.92. The fraction of sp³-hybridized carbons (Fsp3) is 0.474. The molecule has 1 heterocycles. The van der Waals surface area contributed by atoms with Crippen molar-refractivity contribution in [3.63, 3.8) is 0 Å². The molecule has 2 aromatic rings. The number of hydrogen-bond acceptors (Lipinski definition) is 3. The van der Waals surface area contributed by atoms with Crippen molar-refractivity contribution in [2.24, 2.45) is 0 Å². The molecule has 136 valence electrons. The van der Waals surface area contributed by atoms with E-state index in [0.717, 1.165) is 5.69 Å². The highest BCUT2D eigenvalue weighted by Crippen LogP contribution is 2.28. The number of rotatable bonds is 4. The first-order valence-corrected chi connectivity index (χ1v) is 8.26. The first-order valence-electron chi connectivity index (χ1n) is 8.26. The van der Waals surface area contributed by atoms with Gasteiger partial charge in [0.2, 0.25) is 0 Å². The summed E-state index contributed by atoms with van der Waals surface area (Å²) in [5.74, 6) is -0.212. The predicted octanol–water partition coefficient (Wildman–Crippen LogP) is 4.09. The lowest BCUT2D eigenvalue weighted by Crippen LogP contribution is -2.28. The van der Waals surface area contributed by atoms with Crippen molar-refractivity contribution < 1.29 is 13.9 Å². The van der Waals surface area contributed by atoms with Crippen LogP contribution in [0.15, 0.2) is 30.3 Å². The van der Waals surface area contributed by atoms with Gasteiger partial charge in [-0.3, -0.25) is 4.79 Å². The van der Waals surface area contributed by atoms with Crippen LogP contribution in [0.1, 0.15) is 47.2 Å². The molecule has 0 aliphatic rings. The summed E-state index contributed by atoms with van der Waals surface area (Å²) in [5.41, 5.74) is 0.450. The summed E-state index contributed by atoms with van der Waals surface area (Å²) in [6, 6.07) is 7.86. The number of anilines is 1. The van der Waals surface area contributed by atoms with Crippen molar-refractivity contribution in [3.8, 4) is 5.75 Å². The summed E-state index contributed by atoms with van der Waals surface area (Å²) in [6.07, 6.45) is 0. The largest absolute Gasteiger partial charge is 0.481 e. The van der Waals surface area contributed by atoms with Gasteiger partial charge in [-0.15, -0.1) is 0 Å². The van der Waals surface area contributed by atoms with Crippen LogP contribution >= 0.6 is 0 Å². The number of carbonyl (C=O) groups is 1. The molecule has 1 N–H and O–H groups in total. The molecule has 0 bridgehead atoms. The quantitative estimate of drug-likeness (QED) is 0.906. The maximum absolute atomic E-state index is 13.6. The zero-order chi connectivity index (χ0) is 18.8. The number of para-hydroxylation sites is 1. The van der Waals surface area contributed by atoms with E-state index in [0.29, 0.717) is 5.82 Å². The van der Waals surface area contributed by atoms with Crippen LogP contribution < -0.4 is 10.1 Å². The van der Waals surface area contributed by atoms with Gasteiger partial charge in [-0.05, 0) is 32.9 Å². The maximum Gasteiger partial charge on any atom is 0.263 e. The lowest BCUT2D eigenvalue weighted by molar-refractivity contribution is -0.118. The number of carbonyl (C=O) groups excluding carboxylic acids is 1. The fourth-order valence-electron chi connectivity index (χ4n) is 2.23. The van der Waals surface area contributed by atoms with Gasteiger partial charge in [-0.25, -0.2) is 9.07 Å². The van der Waals surface area contributed by atoms with Crippen LogP contribution in [-0.2, 0) is 15.7 Å². The SMILES string of the molecule is CC(C)(C)c1cc(NC(=O)COc2ccccc2F)n(C(C)(C)C)n1. The number of ether oxygens (including phenoxy) is 1. The van der Waals surface area contributed by atoms with Gasteiger partial charge in [0.15, 0.2) is 18.2 Å². The topological polar surface area (TPSA) is 56.1 Å². The Morgan fingerprint density at radius 1 is 1.20 bits per heavy atom. The van der Waals surface area contributed by atoms with E-state index < -0.39 is 5.82 Å². The van der Waals surface area contributed by atoms with Crippen LogP contribution in [0.3, 0.4) is 0 Å². The number of benzene rings is 1. The monoisotopic (exact) mass is 347 g/mol. The fourth-order valence-corrected chi connectivity index (χ4v) is 2.23. The van der Waals surface area contributed by atoms with Crippen molar-refractivity contribution in [1.29, 1.82) is 0 Å². The molecule has 0 spiro atoms. The van der Waals surface area contributed by atoms with Gasteiger partial charge in [0.05, 0.1) is 11.2 Å². The molecule has 2 rings (SSSR count). The Morgan fingerprint density at radius 3 is 2.40 bits per heavy atom. The normalized spacial score (nSPS) is 12.1. The summed E-state index contributed by atoms with van der Waals surface area (Å²) in [5, 5.41) is 7.45. The average Bonchev–Trinajstić information content (AvgIpc) is 2.90. The van der Waals surface area contributed by atoms with Crippen molar-refractivity contribution in [2.75, 3.05) is 11.9 Å². The average molecular weight is 347 g/mol. The number of aromatic nitrogens is 2. The molecule has 0 radical (unpaired) electrons. The summed E-state index contributed by atoms with van der Waals surface area (Å²) in [4.78, 5) is 12.2. The molecule has 0 aliphatic heterocycles. The van der Waals surface area contributed by atoms with E-state index >= 15 is 0 Å². The van der Waals surface area contributed by atoms with E-state index in [2.05, 4.69) is 31.2 Å². The Balaban J connectivity index is 2.14. The van der Waals surface area contributed by atoms with Gasteiger partial charge in [0.1, 0.15) is 5.82 Å². The van der Waals surface area contributed by atoms with Gasteiger partial charge in [-0.2, -0.15) is 5.10 Å². The Morgan fingerprint density at radius 2 is 1.84 bits per heavy atom. The highest BCUT2D eigenvalue weighted by atomic mass is 19.1. The minimum absolute atomic E-state index is 0.0531. The second-order valence-corrected chi connectivity index (χ2v) is 8.01. The van der Waals surface area contributed by atoms with Crippen LogP contribution in [-0.4, -0.2) is 22.3 Å².